The van der Waals surface area contributed by atoms with Gasteiger partial charge in [-0.1, -0.05) is 60.2 Å². The first-order valence-corrected chi connectivity index (χ1v) is 9.02. The van der Waals surface area contributed by atoms with Gasteiger partial charge in [-0.25, -0.2) is 9.97 Å². The van der Waals surface area contributed by atoms with E-state index in [-0.39, 0.29) is 18.2 Å². The van der Waals surface area contributed by atoms with Crippen molar-refractivity contribution in [3.8, 4) is 11.4 Å². The monoisotopic (exact) mass is 374 g/mol. The number of carbonyl (C=O) groups excluding carboxylic acids is 2. The van der Waals surface area contributed by atoms with Crippen LogP contribution in [0.15, 0.2) is 67.0 Å². The maximum absolute atomic E-state index is 12.5. The van der Waals surface area contributed by atoms with Gasteiger partial charge in [-0.05, 0) is 12.5 Å². The first-order chi connectivity index (χ1) is 13.5. The van der Waals surface area contributed by atoms with E-state index in [1.807, 2.05) is 61.5 Å². The molecule has 0 saturated heterocycles. The number of benzene rings is 2. The van der Waals surface area contributed by atoms with Gasteiger partial charge in [-0.15, -0.1) is 0 Å². The van der Waals surface area contributed by atoms with Gasteiger partial charge < -0.3 is 10.6 Å². The summed E-state index contributed by atoms with van der Waals surface area (Å²) in [6, 6.07) is 17.0. The maximum atomic E-state index is 12.5. The van der Waals surface area contributed by atoms with E-state index in [1.54, 1.807) is 12.4 Å². The van der Waals surface area contributed by atoms with Crippen LogP contribution in [0, 0.1) is 6.92 Å². The summed E-state index contributed by atoms with van der Waals surface area (Å²) in [5.41, 5.74) is 3.41. The lowest BCUT2D eigenvalue weighted by atomic mass is 10.0. The van der Waals surface area contributed by atoms with Crippen LogP contribution >= 0.6 is 0 Å². The second-order valence-electron chi connectivity index (χ2n) is 6.58. The van der Waals surface area contributed by atoms with E-state index in [2.05, 4.69) is 20.6 Å². The predicted molar refractivity (Wildman–Crippen MR) is 108 cm³/mol. The minimum absolute atomic E-state index is 0.114. The minimum atomic E-state index is -0.400. The van der Waals surface area contributed by atoms with E-state index in [1.165, 1.54) is 6.92 Å². The Morgan fingerprint density at radius 1 is 0.964 bits per heavy atom. The maximum Gasteiger partial charge on any atom is 0.226 e. The van der Waals surface area contributed by atoms with Gasteiger partial charge in [-0.3, -0.25) is 9.59 Å². The number of nitrogens with zero attached hydrogens (tertiary/aromatic N) is 2. The third-order valence-electron chi connectivity index (χ3n) is 4.21. The van der Waals surface area contributed by atoms with Crippen molar-refractivity contribution in [1.29, 1.82) is 0 Å². The van der Waals surface area contributed by atoms with Crippen molar-refractivity contribution in [2.24, 2.45) is 0 Å². The average molecular weight is 374 g/mol. The smallest absolute Gasteiger partial charge is 0.226 e. The molecule has 0 saturated carbocycles. The molecule has 142 valence electrons. The number of aromatic nitrogens is 2. The summed E-state index contributed by atoms with van der Waals surface area (Å²) in [4.78, 5) is 32.6. The van der Waals surface area contributed by atoms with E-state index in [0.29, 0.717) is 11.5 Å². The lowest BCUT2D eigenvalue weighted by Crippen LogP contribution is -2.29. The number of nitrogens with one attached hydrogen (secondary N) is 2. The minimum Gasteiger partial charge on any atom is -0.349 e. The van der Waals surface area contributed by atoms with Crippen molar-refractivity contribution in [3.05, 3.63) is 78.1 Å². The third-order valence-corrected chi connectivity index (χ3v) is 4.21. The fourth-order valence-corrected chi connectivity index (χ4v) is 2.82. The molecule has 0 fully saturated rings. The molecule has 0 spiro atoms. The second-order valence-corrected chi connectivity index (χ2v) is 6.58. The molecule has 1 unspecified atom stereocenters. The number of hydrogen-bond acceptors (Lipinski definition) is 4. The van der Waals surface area contributed by atoms with Gasteiger partial charge in [0.15, 0.2) is 5.82 Å². The van der Waals surface area contributed by atoms with Crippen LogP contribution < -0.4 is 10.6 Å². The summed E-state index contributed by atoms with van der Waals surface area (Å²) in [7, 11) is 0. The second kappa shape index (κ2) is 8.90. The van der Waals surface area contributed by atoms with Crippen LogP contribution in [0.2, 0.25) is 0 Å². The first kappa shape index (κ1) is 19.2. The SMILES string of the molecule is CC(=O)NC(CC(=O)Nc1cnc(-c2ccccc2)nc1)c1ccc(C)cc1. The Balaban J connectivity index is 1.67. The van der Waals surface area contributed by atoms with Crippen molar-refractivity contribution in [1.82, 2.24) is 15.3 Å². The third kappa shape index (κ3) is 5.23. The average Bonchev–Trinajstić information content (AvgIpc) is 2.69. The highest BCUT2D eigenvalue weighted by molar-refractivity contribution is 5.91. The Labute approximate surface area is 164 Å². The van der Waals surface area contributed by atoms with Gasteiger partial charge in [0.1, 0.15) is 0 Å². The van der Waals surface area contributed by atoms with E-state index in [4.69, 9.17) is 0 Å². The lowest BCUT2D eigenvalue weighted by Gasteiger charge is -2.18. The Bertz CT molecular complexity index is 939. The van der Waals surface area contributed by atoms with Gasteiger partial charge in [0.25, 0.3) is 0 Å². The normalized spacial score (nSPS) is 11.5. The molecule has 0 aliphatic rings. The Morgan fingerprint density at radius 3 is 2.21 bits per heavy atom. The number of rotatable bonds is 6. The lowest BCUT2D eigenvalue weighted by molar-refractivity contribution is -0.120. The number of carbonyl (C=O) groups is 2. The number of hydrogen-bond donors (Lipinski definition) is 2. The largest absolute Gasteiger partial charge is 0.349 e. The van der Waals surface area contributed by atoms with Crippen LogP contribution in [0.1, 0.15) is 30.5 Å². The van der Waals surface area contributed by atoms with Gasteiger partial charge >= 0.3 is 0 Å². The molecule has 6 heteroatoms. The first-order valence-electron chi connectivity index (χ1n) is 9.02. The zero-order chi connectivity index (χ0) is 19.9. The molecule has 2 aromatic carbocycles. The summed E-state index contributed by atoms with van der Waals surface area (Å²) in [5, 5.41) is 5.62. The Hall–Kier alpha value is -3.54. The van der Waals surface area contributed by atoms with Crippen LogP contribution in [-0.2, 0) is 9.59 Å². The van der Waals surface area contributed by atoms with E-state index in [0.717, 1.165) is 16.7 Å². The zero-order valence-electron chi connectivity index (χ0n) is 15.8. The van der Waals surface area contributed by atoms with Crippen molar-refractivity contribution in [3.63, 3.8) is 0 Å². The molecule has 3 aromatic rings. The molecule has 1 heterocycles. The molecule has 1 aromatic heterocycles. The molecule has 2 N–H and O–H groups in total. The highest BCUT2D eigenvalue weighted by Gasteiger charge is 2.17. The molecular formula is C22H22N4O2. The van der Waals surface area contributed by atoms with Crippen molar-refractivity contribution >= 4 is 17.5 Å². The topological polar surface area (TPSA) is 84.0 Å². The summed E-state index contributed by atoms with van der Waals surface area (Å²) in [6.45, 7) is 3.43. The molecule has 0 bridgehead atoms. The summed E-state index contributed by atoms with van der Waals surface area (Å²) < 4.78 is 0. The van der Waals surface area contributed by atoms with E-state index >= 15 is 0 Å². The van der Waals surface area contributed by atoms with Crippen molar-refractivity contribution in [2.45, 2.75) is 26.3 Å². The molecule has 1 atom stereocenters. The van der Waals surface area contributed by atoms with Gasteiger partial charge in [0.05, 0.1) is 30.5 Å². The summed E-state index contributed by atoms with van der Waals surface area (Å²) in [5.74, 6) is 0.179. The standard InChI is InChI=1S/C22H22N4O2/c1-15-8-10-17(11-9-15)20(25-16(2)27)12-21(28)26-19-13-23-22(24-14-19)18-6-4-3-5-7-18/h3-11,13-14,20H,12H2,1-2H3,(H,25,27)(H,26,28). The quantitative estimate of drug-likeness (QED) is 0.690. The van der Waals surface area contributed by atoms with Crippen LogP contribution in [0.25, 0.3) is 11.4 Å². The summed E-state index contributed by atoms with van der Waals surface area (Å²) >= 11 is 0. The van der Waals surface area contributed by atoms with Crippen molar-refractivity contribution in [2.75, 3.05) is 5.32 Å². The van der Waals surface area contributed by atoms with Crippen LogP contribution in [0.5, 0.6) is 0 Å². The highest BCUT2D eigenvalue weighted by Crippen LogP contribution is 2.19. The molecular weight excluding hydrogens is 352 g/mol. The fourth-order valence-electron chi connectivity index (χ4n) is 2.82. The number of aryl methyl sites for hydroxylation is 1. The fraction of sp³-hybridized carbons (Fsp3) is 0.182. The molecule has 0 aliphatic heterocycles. The number of amides is 2. The van der Waals surface area contributed by atoms with E-state index < -0.39 is 6.04 Å². The van der Waals surface area contributed by atoms with Crippen LogP contribution in [-0.4, -0.2) is 21.8 Å². The van der Waals surface area contributed by atoms with Crippen LogP contribution in [0.4, 0.5) is 5.69 Å². The predicted octanol–water partition coefficient (Wildman–Crippen LogP) is 3.66. The number of anilines is 1. The van der Waals surface area contributed by atoms with Crippen LogP contribution in [0.3, 0.4) is 0 Å². The molecule has 0 radical (unpaired) electrons. The molecule has 6 nitrogen and oxygen atoms in total. The molecule has 0 aliphatic carbocycles. The molecule has 2 amide bonds. The van der Waals surface area contributed by atoms with Gasteiger partial charge in [0.2, 0.25) is 11.8 Å². The van der Waals surface area contributed by atoms with E-state index in [9.17, 15) is 9.59 Å². The molecule has 3 rings (SSSR count). The van der Waals surface area contributed by atoms with Gasteiger partial charge in [0, 0.05) is 12.5 Å². The van der Waals surface area contributed by atoms with Gasteiger partial charge in [-0.2, -0.15) is 0 Å². The zero-order valence-corrected chi connectivity index (χ0v) is 15.8. The summed E-state index contributed by atoms with van der Waals surface area (Å²) in [6.07, 6.45) is 3.27. The molecule has 28 heavy (non-hydrogen) atoms. The Morgan fingerprint density at radius 2 is 1.61 bits per heavy atom. The Kier molecular flexibility index (Phi) is 6.11. The highest BCUT2D eigenvalue weighted by atomic mass is 16.2. The van der Waals surface area contributed by atoms with Crippen molar-refractivity contribution < 1.29 is 9.59 Å².